The van der Waals surface area contributed by atoms with E-state index in [1.54, 1.807) is 0 Å². The molecule has 0 bridgehead atoms. The molecule has 2 amide bonds. The van der Waals surface area contributed by atoms with Gasteiger partial charge >= 0.3 is 0 Å². The van der Waals surface area contributed by atoms with Gasteiger partial charge in [-0.2, -0.15) is 0 Å². The Labute approximate surface area is 132 Å². The molecule has 1 aromatic carbocycles. The van der Waals surface area contributed by atoms with Gasteiger partial charge in [0.05, 0.1) is 23.1 Å². The molecular formula is C15H18FN3O4. The molecule has 2 N–H and O–H groups in total. The fraction of sp³-hybridized carbons (Fsp3) is 0.333. The van der Waals surface area contributed by atoms with Crippen LogP contribution >= 0.6 is 0 Å². The van der Waals surface area contributed by atoms with Crippen LogP contribution in [0.15, 0.2) is 24.3 Å². The highest BCUT2D eigenvalue weighted by Gasteiger charge is 2.15. The lowest BCUT2D eigenvalue weighted by Crippen LogP contribution is -2.38. The summed E-state index contributed by atoms with van der Waals surface area (Å²) >= 11 is 0. The Bertz CT molecular complexity index is 631. The van der Waals surface area contributed by atoms with Crippen LogP contribution in [0.5, 0.6) is 0 Å². The first-order chi connectivity index (χ1) is 10.8. The summed E-state index contributed by atoms with van der Waals surface area (Å²) in [6, 6.07) is 3.06. The van der Waals surface area contributed by atoms with Gasteiger partial charge in [0.25, 0.3) is 5.69 Å². The maximum absolute atomic E-state index is 13.1. The largest absolute Gasteiger partial charge is 0.368 e. The predicted octanol–water partition coefficient (Wildman–Crippen LogP) is 1.86. The smallest absolute Gasteiger partial charge is 0.279 e. The molecule has 0 aromatic heterocycles. The number of unbranched alkanes of at least 4 members (excludes halogenated alkanes) is 1. The number of carbonyl (C=O) groups excluding carboxylic acids is 2. The van der Waals surface area contributed by atoms with Crippen LogP contribution in [0.25, 0.3) is 6.08 Å². The maximum Gasteiger partial charge on any atom is 0.279 e. The molecule has 0 aliphatic rings. The first kappa shape index (κ1) is 18.3. The van der Waals surface area contributed by atoms with E-state index in [9.17, 15) is 24.1 Å². The minimum Gasteiger partial charge on any atom is -0.368 e. The van der Waals surface area contributed by atoms with E-state index in [1.165, 1.54) is 17.0 Å². The molecule has 124 valence electrons. The van der Waals surface area contributed by atoms with Crippen molar-refractivity contribution in [1.82, 2.24) is 4.90 Å². The lowest BCUT2D eigenvalue weighted by atomic mass is 10.1. The van der Waals surface area contributed by atoms with Crippen molar-refractivity contribution < 1.29 is 18.9 Å². The Kier molecular flexibility index (Phi) is 6.85. The van der Waals surface area contributed by atoms with Crippen molar-refractivity contribution in [3.8, 4) is 0 Å². The molecule has 0 spiro atoms. The van der Waals surface area contributed by atoms with Crippen molar-refractivity contribution in [3.63, 3.8) is 0 Å². The van der Waals surface area contributed by atoms with Gasteiger partial charge < -0.3 is 10.6 Å². The van der Waals surface area contributed by atoms with Crippen LogP contribution in [0, 0.1) is 15.9 Å². The molecular weight excluding hydrogens is 305 g/mol. The summed E-state index contributed by atoms with van der Waals surface area (Å²) in [4.78, 5) is 34.5. The zero-order chi connectivity index (χ0) is 17.4. The SMILES string of the molecule is CCCCN(CC(N)=O)C(=O)C=Cc1ccc(F)cc1[N+](=O)[O-]. The molecule has 0 radical (unpaired) electrons. The lowest BCUT2D eigenvalue weighted by Gasteiger charge is -2.18. The molecule has 23 heavy (non-hydrogen) atoms. The third-order valence-electron chi connectivity index (χ3n) is 3.03. The second-order valence-electron chi connectivity index (χ2n) is 4.87. The van der Waals surface area contributed by atoms with Crippen molar-refractivity contribution in [2.45, 2.75) is 19.8 Å². The van der Waals surface area contributed by atoms with Crippen LogP contribution in [-0.4, -0.2) is 34.7 Å². The van der Waals surface area contributed by atoms with E-state index in [0.29, 0.717) is 13.0 Å². The number of rotatable bonds is 8. The molecule has 0 unspecified atom stereocenters. The zero-order valence-corrected chi connectivity index (χ0v) is 12.7. The molecule has 0 fully saturated rings. The monoisotopic (exact) mass is 323 g/mol. The van der Waals surface area contributed by atoms with E-state index >= 15 is 0 Å². The summed E-state index contributed by atoms with van der Waals surface area (Å²) < 4.78 is 13.1. The third kappa shape index (κ3) is 5.85. The number of hydrogen-bond donors (Lipinski definition) is 1. The van der Waals surface area contributed by atoms with Crippen molar-refractivity contribution in [2.24, 2.45) is 5.73 Å². The third-order valence-corrected chi connectivity index (χ3v) is 3.03. The summed E-state index contributed by atoms with van der Waals surface area (Å²) in [5.41, 5.74) is 4.76. The molecule has 1 aromatic rings. The predicted molar refractivity (Wildman–Crippen MR) is 82.8 cm³/mol. The van der Waals surface area contributed by atoms with Gasteiger partial charge in [-0.15, -0.1) is 0 Å². The normalized spacial score (nSPS) is 10.7. The van der Waals surface area contributed by atoms with Gasteiger partial charge in [-0.3, -0.25) is 19.7 Å². The standard InChI is InChI=1S/C15H18FN3O4/c1-2-3-8-18(10-14(17)20)15(21)7-5-11-4-6-12(16)9-13(11)19(22)23/h4-7,9H,2-3,8,10H2,1H3,(H2,17,20). The lowest BCUT2D eigenvalue weighted by molar-refractivity contribution is -0.385. The number of nitrogens with zero attached hydrogens (tertiary/aromatic N) is 2. The van der Waals surface area contributed by atoms with Crippen molar-refractivity contribution >= 4 is 23.6 Å². The van der Waals surface area contributed by atoms with Crippen LogP contribution in [0.1, 0.15) is 25.3 Å². The number of nitrogens with two attached hydrogens (primary N) is 1. The Morgan fingerprint density at radius 2 is 2.13 bits per heavy atom. The summed E-state index contributed by atoms with van der Waals surface area (Å²) in [5, 5.41) is 10.9. The average molecular weight is 323 g/mol. The Hall–Kier alpha value is -2.77. The molecule has 0 saturated carbocycles. The fourth-order valence-electron chi connectivity index (χ4n) is 1.89. The first-order valence-electron chi connectivity index (χ1n) is 7.04. The van der Waals surface area contributed by atoms with Crippen LogP contribution in [0.4, 0.5) is 10.1 Å². The van der Waals surface area contributed by atoms with Crippen LogP contribution in [-0.2, 0) is 9.59 Å². The molecule has 0 heterocycles. The zero-order valence-electron chi connectivity index (χ0n) is 12.7. The van der Waals surface area contributed by atoms with Gasteiger partial charge in [-0.25, -0.2) is 4.39 Å². The van der Waals surface area contributed by atoms with Gasteiger partial charge in [0.1, 0.15) is 5.82 Å². The summed E-state index contributed by atoms with van der Waals surface area (Å²) in [7, 11) is 0. The van der Waals surface area contributed by atoms with E-state index in [0.717, 1.165) is 24.6 Å². The number of hydrogen-bond acceptors (Lipinski definition) is 4. The minimum absolute atomic E-state index is 0.0965. The summed E-state index contributed by atoms with van der Waals surface area (Å²) in [6.45, 7) is 2.06. The molecule has 0 aliphatic carbocycles. The molecule has 0 saturated heterocycles. The maximum atomic E-state index is 13.1. The van der Waals surface area contributed by atoms with E-state index < -0.39 is 28.2 Å². The van der Waals surface area contributed by atoms with Crippen LogP contribution < -0.4 is 5.73 Å². The quantitative estimate of drug-likeness (QED) is 0.447. The van der Waals surface area contributed by atoms with Crippen molar-refractivity contribution in [2.75, 3.05) is 13.1 Å². The van der Waals surface area contributed by atoms with E-state index in [1.807, 2.05) is 6.92 Å². The van der Waals surface area contributed by atoms with E-state index in [-0.39, 0.29) is 12.1 Å². The Balaban J connectivity index is 2.95. The van der Waals surface area contributed by atoms with E-state index in [2.05, 4.69) is 0 Å². The fourth-order valence-corrected chi connectivity index (χ4v) is 1.89. The van der Waals surface area contributed by atoms with Crippen LogP contribution in [0.2, 0.25) is 0 Å². The van der Waals surface area contributed by atoms with E-state index in [4.69, 9.17) is 5.73 Å². The second-order valence-corrected chi connectivity index (χ2v) is 4.87. The molecule has 0 atom stereocenters. The minimum atomic E-state index is -0.738. The van der Waals surface area contributed by atoms with Gasteiger partial charge in [0.2, 0.25) is 11.8 Å². The topological polar surface area (TPSA) is 107 Å². The highest BCUT2D eigenvalue weighted by atomic mass is 19.1. The first-order valence-corrected chi connectivity index (χ1v) is 7.04. The molecule has 0 aliphatic heterocycles. The summed E-state index contributed by atoms with van der Waals surface area (Å²) in [6.07, 6.45) is 3.86. The molecule has 7 nitrogen and oxygen atoms in total. The highest BCUT2D eigenvalue weighted by Crippen LogP contribution is 2.21. The number of amides is 2. The number of primary amides is 1. The number of nitro benzene ring substituents is 1. The Morgan fingerprint density at radius 1 is 1.43 bits per heavy atom. The number of carbonyl (C=O) groups is 2. The second kappa shape index (κ2) is 8.62. The van der Waals surface area contributed by atoms with Crippen molar-refractivity contribution in [1.29, 1.82) is 0 Å². The molecule has 8 heteroatoms. The number of benzene rings is 1. The Morgan fingerprint density at radius 3 is 2.70 bits per heavy atom. The van der Waals surface area contributed by atoms with Gasteiger partial charge in [-0.1, -0.05) is 13.3 Å². The number of nitro groups is 1. The average Bonchev–Trinajstić information content (AvgIpc) is 2.49. The van der Waals surface area contributed by atoms with Gasteiger partial charge in [0, 0.05) is 12.6 Å². The number of halogens is 1. The highest BCUT2D eigenvalue weighted by molar-refractivity contribution is 5.94. The molecule has 1 rings (SSSR count). The van der Waals surface area contributed by atoms with Crippen LogP contribution in [0.3, 0.4) is 0 Å². The van der Waals surface area contributed by atoms with Gasteiger partial charge in [-0.05, 0) is 24.6 Å². The van der Waals surface area contributed by atoms with Gasteiger partial charge in [0.15, 0.2) is 0 Å². The van der Waals surface area contributed by atoms with Crippen molar-refractivity contribution in [3.05, 3.63) is 45.8 Å². The summed E-state index contributed by atoms with van der Waals surface area (Å²) in [5.74, 6) is -1.87.